The number of benzene rings is 1. The summed E-state index contributed by atoms with van der Waals surface area (Å²) in [5, 5.41) is 6.42. The van der Waals surface area contributed by atoms with Crippen molar-refractivity contribution in [3.63, 3.8) is 0 Å². The van der Waals surface area contributed by atoms with Crippen molar-refractivity contribution in [2.45, 2.75) is 64.2 Å². The minimum atomic E-state index is -4.78. The number of halogens is 4. The van der Waals surface area contributed by atoms with Crippen LogP contribution in [0.1, 0.15) is 57.4 Å². The first-order chi connectivity index (χ1) is 17.5. The van der Waals surface area contributed by atoms with Gasteiger partial charge in [-0.2, -0.15) is 13.2 Å². The maximum absolute atomic E-state index is 15.3. The topological polar surface area (TPSA) is 71.7 Å². The highest BCUT2D eigenvalue weighted by Gasteiger charge is 2.47. The lowest BCUT2D eigenvalue weighted by atomic mass is 9.62. The molecule has 1 aromatic heterocycles. The van der Waals surface area contributed by atoms with E-state index in [2.05, 4.69) is 24.0 Å². The second-order valence-electron chi connectivity index (χ2n) is 11.1. The van der Waals surface area contributed by atoms with Gasteiger partial charge in [-0.05, 0) is 68.9 Å². The van der Waals surface area contributed by atoms with Crippen LogP contribution >= 0.6 is 0 Å². The maximum atomic E-state index is 15.3. The van der Waals surface area contributed by atoms with Crippen LogP contribution in [0, 0.1) is 23.6 Å². The molecule has 2 heterocycles. The number of morpholine rings is 1. The van der Waals surface area contributed by atoms with Crippen molar-refractivity contribution in [2.75, 3.05) is 26.3 Å². The third kappa shape index (κ3) is 5.46. The molecule has 1 aliphatic heterocycles. The largest absolute Gasteiger partial charge is 0.470 e. The molecule has 3 fully saturated rings. The Morgan fingerprint density at radius 3 is 2.41 bits per heavy atom. The summed E-state index contributed by atoms with van der Waals surface area (Å²) in [7, 11) is 0. The highest BCUT2D eigenvalue weighted by Crippen LogP contribution is 2.49. The second-order valence-corrected chi connectivity index (χ2v) is 11.1. The molecule has 2 saturated carbocycles. The number of ether oxygens (including phenoxy) is 1. The van der Waals surface area contributed by atoms with Crippen LogP contribution in [0.25, 0.3) is 11.5 Å². The molecule has 0 N–H and O–H groups in total. The van der Waals surface area contributed by atoms with E-state index in [1.165, 1.54) is 18.6 Å². The molecule has 202 valence electrons. The molecule has 1 saturated heterocycles. The van der Waals surface area contributed by atoms with Crippen molar-refractivity contribution in [1.29, 1.82) is 0 Å². The number of aromatic nitrogens is 2. The molecule has 37 heavy (non-hydrogen) atoms. The van der Waals surface area contributed by atoms with Crippen LogP contribution < -0.4 is 0 Å². The lowest BCUT2D eigenvalue weighted by Gasteiger charge is -2.53. The van der Waals surface area contributed by atoms with Gasteiger partial charge < -0.3 is 19.0 Å². The normalized spacial score (nSPS) is 28.3. The number of alkyl halides is 3. The SMILES string of the molecule is CC1CC2CC(C1)CC(C)(N(Cc1ccc(-c3nnc(C(F)(F)F)o3)cc1F)C(=O)N1CCOCC1)C2. The fourth-order valence-electron chi connectivity index (χ4n) is 6.63. The van der Waals surface area contributed by atoms with Crippen LogP contribution in [0.2, 0.25) is 0 Å². The number of nitrogens with zero attached hydrogens (tertiary/aromatic N) is 4. The number of amides is 2. The van der Waals surface area contributed by atoms with Gasteiger partial charge in [-0.15, -0.1) is 10.2 Å². The summed E-state index contributed by atoms with van der Waals surface area (Å²) in [5.41, 5.74) is -0.101. The van der Waals surface area contributed by atoms with E-state index in [1.54, 1.807) is 4.90 Å². The van der Waals surface area contributed by atoms with Crippen LogP contribution in [0.5, 0.6) is 0 Å². The standard InChI is InChI=1S/C26H32F4N4O3/c1-16-9-17-11-18(10-16)14-25(2,13-17)34(24(35)33-5-7-36-8-6-33)15-20-4-3-19(12-21(20)27)22-31-32-23(37-22)26(28,29)30/h3-4,12,16-18H,5-11,13-15H2,1-2H3. The molecule has 0 radical (unpaired) electrons. The quantitative estimate of drug-likeness (QED) is 0.476. The van der Waals surface area contributed by atoms with Gasteiger partial charge in [0.1, 0.15) is 5.82 Å². The highest BCUT2D eigenvalue weighted by molar-refractivity contribution is 5.75. The molecule has 3 aliphatic rings. The summed E-state index contributed by atoms with van der Waals surface area (Å²) in [6, 6.07) is 3.88. The Kier molecular flexibility index (Phi) is 6.93. The second kappa shape index (κ2) is 9.89. The fourth-order valence-corrected chi connectivity index (χ4v) is 6.63. The van der Waals surface area contributed by atoms with Gasteiger partial charge in [0.15, 0.2) is 0 Å². The molecule has 2 unspecified atom stereocenters. The maximum Gasteiger partial charge on any atom is 0.470 e. The van der Waals surface area contributed by atoms with E-state index in [9.17, 15) is 18.0 Å². The zero-order chi connectivity index (χ0) is 26.4. The van der Waals surface area contributed by atoms with Crippen LogP contribution in [0.3, 0.4) is 0 Å². The zero-order valence-electron chi connectivity index (χ0n) is 21.1. The average molecular weight is 525 g/mol. The first-order valence-corrected chi connectivity index (χ1v) is 12.9. The Bertz CT molecular complexity index is 1110. The summed E-state index contributed by atoms with van der Waals surface area (Å²) in [5.74, 6) is -0.818. The predicted octanol–water partition coefficient (Wildman–Crippen LogP) is 5.75. The van der Waals surface area contributed by atoms with Gasteiger partial charge in [-0.1, -0.05) is 13.0 Å². The minimum Gasteiger partial charge on any atom is -0.413 e. The van der Waals surface area contributed by atoms with E-state index in [1.807, 2.05) is 4.90 Å². The van der Waals surface area contributed by atoms with Crippen molar-refractivity contribution < 1.29 is 31.5 Å². The molecule has 2 aromatic rings. The van der Waals surface area contributed by atoms with Crippen LogP contribution in [0.15, 0.2) is 22.6 Å². The zero-order valence-corrected chi connectivity index (χ0v) is 21.1. The first-order valence-electron chi connectivity index (χ1n) is 12.9. The summed E-state index contributed by atoms with van der Waals surface area (Å²) < 4.78 is 63.9. The Morgan fingerprint density at radius 2 is 1.81 bits per heavy atom. The van der Waals surface area contributed by atoms with Crippen LogP contribution in [0.4, 0.5) is 22.4 Å². The molecule has 2 atom stereocenters. The molecular weight excluding hydrogens is 492 g/mol. The molecule has 0 spiro atoms. The van der Waals surface area contributed by atoms with E-state index < -0.39 is 29.3 Å². The highest BCUT2D eigenvalue weighted by atomic mass is 19.4. The molecule has 11 heteroatoms. The number of hydrogen-bond acceptors (Lipinski definition) is 5. The number of carbonyl (C=O) groups is 1. The lowest BCUT2D eigenvalue weighted by Crippen LogP contribution is -2.59. The number of carbonyl (C=O) groups excluding carboxylic acids is 1. The lowest BCUT2D eigenvalue weighted by molar-refractivity contribution is -0.156. The van der Waals surface area contributed by atoms with Gasteiger partial charge in [0.05, 0.1) is 19.8 Å². The molecule has 5 rings (SSSR count). The molecular formula is C26H32F4N4O3. The summed E-state index contributed by atoms with van der Waals surface area (Å²) in [6.45, 7) is 6.36. The minimum absolute atomic E-state index is 0.0442. The fraction of sp³-hybridized carbons (Fsp3) is 0.654. The van der Waals surface area contributed by atoms with Gasteiger partial charge in [0.2, 0.25) is 5.89 Å². The summed E-state index contributed by atoms with van der Waals surface area (Å²) in [6.07, 6.45) is 0.400. The Hall–Kier alpha value is -2.69. The molecule has 2 aliphatic carbocycles. The van der Waals surface area contributed by atoms with Crippen molar-refractivity contribution >= 4 is 6.03 Å². The van der Waals surface area contributed by atoms with Crippen molar-refractivity contribution in [3.8, 4) is 11.5 Å². The number of rotatable bonds is 4. The van der Waals surface area contributed by atoms with Gasteiger partial charge in [-0.3, -0.25) is 0 Å². The van der Waals surface area contributed by atoms with Gasteiger partial charge in [0.25, 0.3) is 0 Å². The molecule has 1 aromatic carbocycles. The first kappa shape index (κ1) is 25.9. The van der Waals surface area contributed by atoms with Crippen LogP contribution in [-0.4, -0.2) is 57.9 Å². The van der Waals surface area contributed by atoms with Gasteiger partial charge >= 0.3 is 18.1 Å². The van der Waals surface area contributed by atoms with Crippen molar-refractivity contribution in [3.05, 3.63) is 35.5 Å². The smallest absolute Gasteiger partial charge is 0.413 e. The van der Waals surface area contributed by atoms with Crippen molar-refractivity contribution in [1.82, 2.24) is 20.0 Å². The third-order valence-corrected chi connectivity index (χ3v) is 8.06. The Morgan fingerprint density at radius 1 is 1.14 bits per heavy atom. The summed E-state index contributed by atoms with van der Waals surface area (Å²) in [4.78, 5) is 17.4. The number of fused-ring (bicyclic) bond motifs is 2. The number of hydrogen-bond donors (Lipinski definition) is 0. The van der Waals surface area contributed by atoms with E-state index in [0.29, 0.717) is 44.1 Å². The summed E-state index contributed by atoms with van der Waals surface area (Å²) >= 11 is 0. The average Bonchev–Trinajstić information content (AvgIpc) is 3.33. The van der Waals surface area contributed by atoms with Gasteiger partial charge in [0, 0.05) is 29.8 Å². The van der Waals surface area contributed by atoms with E-state index >= 15 is 4.39 Å². The van der Waals surface area contributed by atoms with E-state index in [4.69, 9.17) is 9.15 Å². The van der Waals surface area contributed by atoms with Crippen molar-refractivity contribution in [2.24, 2.45) is 17.8 Å². The molecule has 2 amide bonds. The third-order valence-electron chi connectivity index (χ3n) is 8.06. The molecule has 2 bridgehead atoms. The van der Waals surface area contributed by atoms with Gasteiger partial charge in [-0.25, -0.2) is 9.18 Å². The monoisotopic (exact) mass is 524 g/mol. The number of urea groups is 1. The van der Waals surface area contributed by atoms with E-state index in [0.717, 1.165) is 31.7 Å². The predicted molar refractivity (Wildman–Crippen MR) is 126 cm³/mol. The molecule has 7 nitrogen and oxygen atoms in total. The van der Waals surface area contributed by atoms with E-state index in [-0.39, 0.29) is 23.7 Å². The van der Waals surface area contributed by atoms with Crippen LogP contribution in [-0.2, 0) is 17.5 Å². The Labute approximate surface area is 213 Å². The Balaban J connectivity index is 1.42.